The normalized spacial score (nSPS) is 10.4. The Morgan fingerprint density at radius 3 is 3.00 bits per heavy atom. The zero-order valence-electron chi connectivity index (χ0n) is 9.02. The molecule has 2 rings (SSSR count). The van der Waals surface area contributed by atoms with Gasteiger partial charge in [-0.1, -0.05) is 24.6 Å². The van der Waals surface area contributed by atoms with Gasteiger partial charge in [0.05, 0.1) is 10.7 Å². The van der Waals surface area contributed by atoms with E-state index in [0.717, 1.165) is 24.3 Å². The fourth-order valence-corrected chi connectivity index (χ4v) is 1.74. The topological polar surface area (TPSA) is 42.7 Å². The number of halogens is 1. The Kier molecular flexibility index (Phi) is 3.41. The summed E-state index contributed by atoms with van der Waals surface area (Å²) in [5, 5.41) is 8.08. The summed E-state index contributed by atoms with van der Waals surface area (Å²) in [6.45, 7) is 3.02. The molecule has 4 nitrogen and oxygen atoms in total. The molecule has 1 N–H and O–H groups in total. The zero-order chi connectivity index (χ0) is 11.4. The van der Waals surface area contributed by atoms with E-state index in [0.29, 0.717) is 5.02 Å². The molecule has 5 heteroatoms. The second-order valence-electron chi connectivity index (χ2n) is 3.40. The molecule has 84 valence electrons. The van der Waals surface area contributed by atoms with Crippen molar-refractivity contribution in [3.63, 3.8) is 0 Å². The van der Waals surface area contributed by atoms with Gasteiger partial charge in [-0.3, -0.25) is 0 Å². The molecule has 0 spiro atoms. The Morgan fingerprint density at radius 1 is 1.44 bits per heavy atom. The van der Waals surface area contributed by atoms with Crippen LogP contribution < -0.4 is 5.32 Å². The van der Waals surface area contributed by atoms with Gasteiger partial charge in [0.15, 0.2) is 0 Å². The minimum atomic E-state index is 0.659. The van der Waals surface area contributed by atoms with E-state index < -0.39 is 0 Å². The molecule has 0 radical (unpaired) electrons. The molecule has 0 saturated heterocycles. The van der Waals surface area contributed by atoms with E-state index >= 15 is 0 Å². The van der Waals surface area contributed by atoms with Gasteiger partial charge in [-0.05, 0) is 18.6 Å². The summed E-state index contributed by atoms with van der Waals surface area (Å²) >= 11 is 6.17. The molecule has 0 bridgehead atoms. The highest BCUT2D eigenvalue weighted by atomic mass is 35.5. The Morgan fingerprint density at radius 2 is 2.31 bits per heavy atom. The second-order valence-corrected chi connectivity index (χ2v) is 3.81. The monoisotopic (exact) mass is 236 g/mol. The van der Waals surface area contributed by atoms with Crippen LogP contribution in [0.5, 0.6) is 0 Å². The van der Waals surface area contributed by atoms with Crippen molar-refractivity contribution in [2.75, 3.05) is 11.9 Å². The molecule has 0 saturated carbocycles. The van der Waals surface area contributed by atoms with Crippen molar-refractivity contribution in [1.29, 1.82) is 0 Å². The highest BCUT2D eigenvalue weighted by Crippen LogP contribution is 2.27. The number of hydrogen-bond acceptors (Lipinski definition) is 3. The van der Waals surface area contributed by atoms with E-state index in [-0.39, 0.29) is 0 Å². The minimum absolute atomic E-state index is 0.659. The molecular formula is C11H13ClN4. The van der Waals surface area contributed by atoms with Gasteiger partial charge in [0.25, 0.3) is 0 Å². The van der Waals surface area contributed by atoms with Gasteiger partial charge < -0.3 is 5.32 Å². The summed E-state index contributed by atoms with van der Waals surface area (Å²) in [5.41, 5.74) is 1.81. The molecule has 2 aromatic rings. The van der Waals surface area contributed by atoms with Crippen LogP contribution in [0.1, 0.15) is 13.3 Å². The molecule has 0 unspecified atom stereocenters. The smallest absolute Gasteiger partial charge is 0.138 e. The van der Waals surface area contributed by atoms with Crippen molar-refractivity contribution in [2.24, 2.45) is 0 Å². The van der Waals surface area contributed by atoms with Gasteiger partial charge in [-0.15, -0.1) is 0 Å². The maximum absolute atomic E-state index is 6.17. The summed E-state index contributed by atoms with van der Waals surface area (Å²) < 4.78 is 1.67. The van der Waals surface area contributed by atoms with Gasteiger partial charge in [-0.25, -0.2) is 9.67 Å². The molecular weight excluding hydrogens is 224 g/mol. The Labute approximate surface area is 99.3 Å². The molecule has 0 aliphatic heterocycles. The lowest BCUT2D eigenvalue weighted by molar-refractivity contribution is 0.875. The van der Waals surface area contributed by atoms with Crippen LogP contribution in [0.4, 0.5) is 5.69 Å². The number of nitrogens with one attached hydrogen (secondary N) is 1. The second kappa shape index (κ2) is 4.99. The van der Waals surface area contributed by atoms with Gasteiger partial charge in [-0.2, -0.15) is 5.10 Å². The fraction of sp³-hybridized carbons (Fsp3) is 0.273. The first kappa shape index (κ1) is 11.0. The first-order chi connectivity index (χ1) is 7.83. The number of rotatable bonds is 4. The first-order valence-electron chi connectivity index (χ1n) is 5.20. The van der Waals surface area contributed by atoms with Gasteiger partial charge in [0.2, 0.25) is 0 Å². The number of anilines is 1. The van der Waals surface area contributed by atoms with Crippen LogP contribution >= 0.6 is 11.6 Å². The molecule has 1 aromatic heterocycles. The SMILES string of the molecule is CCCNc1cccc(Cl)c1-n1cncn1. The van der Waals surface area contributed by atoms with E-state index in [4.69, 9.17) is 11.6 Å². The summed E-state index contributed by atoms with van der Waals surface area (Å²) in [6.07, 6.45) is 4.19. The van der Waals surface area contributed by atoms with Crippen LogP contribution in [0.3, 0.4) is 0 Å². The summed E-state index contributed by atoms with van der Waals surface area (Å²) in [4.78, 5) is 3.93. The number of para-hydroxylation sites is 1. The quantitative estimate of drug-likeness (QED) is 0.888. The van der Waals surface area contributed by atoms with Gasteiger partial charge in [0, 0.05) is 6.54 Å². The molecule has 0 atom stereocenters. The predicted octanol–water partition coefficient (Wildman–Crippen LogP) is 2.74. The number of nitrogens with zero attached hydrogens (tertiary/aromatic N) is 3. The number of hydrogen-bond donors (Lipinski definition) is 1. The predicted molar refractivity (Wildman–Crippen MR) is 65.1 cm³/mol. The highest BCUT2D eigenvalue weighted by molar-refractivity contribution is 6.33. The van der Waals surface area contributed by atoms with Crippen molar-refractivity contribution < 1.29 is 0 Å². The van der Waals surface area contributed by atoms with Crippen molar-refractivity contribution in [3.8, 4) is 5.69 Å². The summed E-state index contributed by atoms with van der Waals surface area (Å²) in [5.74, 6) is 0. The standard InChI is InChI=1S/C11H13ClN4/c1-2-6-14-10-5-3-4-9(12)11(10)16-8-13-7-15-16/h3-5,7-8,14H,2,6H2,1H3. The van der Waals surface area contributed by atoms with Crippen LogP contribution in [-0.2, 0) is 0 Å². The van der Waals surface area contributed by atoms with Crippen molar-refractivity contribution in [3.05, 3.63) is 35.9 Å². The Bertz CT molecular complexity index is 453. The maximum Gasteiger partial charge on any atom is 0.138 e. The lowest BCUT2D eigenvalue weighted by Crippen LogP contribution is -2.06. The molecule has 0 aliphatic rings. The molecule has 1 heterocycles. The average Bonchev–Trinajstić information content (AvgIpc) is 2.79. The van der Waals surface area contributed by atoms with Gasteiger partial charge >= 0.3 is 0 Å². The lowest BCUT2D eigenvalue weighted by Gasteiger charge is -2.12. The van der Waals surface area contributed by atoms with E-state index in [9.17, 15) is 0 Å². The van der Waals surface area contributed by atoms with Crippen LogP contribution in [0.15, 0.2) is 30.9 Å². The first-order valence-corrected chi connectivity index (χ1v) is 5.58. The maximum atomic E-state index is 6.17. The highest BCUT2D eigenvalue weighted by Gasteiger charge is 2.08. The fourth-order valence-electron chi connectivity index (χ4n) is 1.47. The molecule has 0 aliphatic carbocycles. The summed E-state index contributed by atoms with van der Waals surface area (Å²) in [6, 6.07) is 5.75. The van der Waals surface area contributed by atoms with E-state index in [1.54, 1.807) is 11.0 Å². The largest absolute Gasteiger partial charge is 0.383 e. The van der Waals surface area contributed by atoms with Crippen LogP contribution in [0, 0.1) is 0 Å². The number of aromatic nitrogens is 3. The zero-order valence-corrected chi connectivity index (χ0v) is 9.78. The van der Waals surface area contributed by atoms with Crippen LogP contribution in [0.2, 0.25) is 5.02 Å². The molecule has 1 aromatic carbocycles. The van der Waals surface area contributed by atoms with Crippen LogP contribution in [-0.4, -0.2) is 21.3 Å². The third-order valence-electron chi connectivity index (χ3n) is 2.20. The van der Waals surface area contributed by atoms with Crippen LogP contribution in [0.25, 0.3) is 5.69 Å². The minimum Gasteiger partial charge on any atom is -0.383 e. The lowest BCUT2D eigenvalue weighted by atomic mass is 10.2. The van der Waals surface area contributed by atoms with Crippen molar-refractivity contribution in [1.82, 2.24) is 14.8 Å². The third-order valence-corrected chi connectivity index (χ3v) is 2.51. The molecule has 16 heavy (non-hydrogen) atoms. The molecule has 0 amide bonds. The van der Waals surface area contributed by atoms with E-state index in [1.165, 1.54) is 6.33 Å². The Hall–Kier alpha value is -1.55. The molecule has 0 fully saturated rings. The Balaban J connectivity index is 2.41. The number of benzene rings is 1. The van der Waals surface area contributed by atoms with Crippen molar-refractivity contribution in [2.45, 2.75) is 13.3 Å². The van der Waals surface area contributed by atoms with E-state index in [1.807, 2.05) is 18.2 Å². The van der Waals surface area contributed by atoms with E-state index in [2.05, 4.69) is 22.3 Å². The third kappa shape index (κ3) is 2.17. The summed E-state index contributed by atoms with van der Waals surface area (Å²) in [7, 11) is 0. The van der Waals surface area contributed by atoms with Crippen molar-refractivity contribution >= 4 is 17.3 Å². The average molecular weight is 237 g/mol. The van der Waals surface area contributed by atoms with Gasteiger partial charge in [0.1, 0.15) is 18.3 Å².